The minimum Gasteiger partial charge on any atom is -0.395 e. The molecule has 2 N–H and O–H groups in total. The first-order valence-electron chi connectivity index (χ1n) is 7.34. The molecule has 1 aliphatic heterocycles. The molecule has 0 aromatic carbocycles. The van der Waals surface area contributed by atoms with Crippen LogP contribution >= 0.6 is 11.3 Å². The molecule has 116 valence electrons. The van der Waals surface area contributed by atoms with E-state index in [4.69, 9.17) is 0 Å². The zero-order valence-electron chi connectivity index (χ0n) is 12.2. The van der Waals surface area contributed by atoms with Gasteiger partial charge in [-0.2, -0.15) is 0 Å². The Balaban J connectivity index is 1.60. The molecule has 0 bridgehead atoms. The summed E-state index contributed by atoms with van der Waals surface area (Å²) in [6.45, 7) is 1.70. The van der Waals surface area contributed by atoms with Gasteiger partial charge >= 0.3 is 0 Å². The van der Waals surface area contributed by atoms with Crippen LogP contribution in [0.4, 0.5) is 0 Å². The van der Waals surface area contributed by atoms with Gasteiger partial charge in [-0.05, 0) is 30.0 Å². The molecule has 3 rings (SSSR count). The number of nitrogens with zero attached hydrogens (tertiary/aromatic N) is 2. The van der Waals surface area contributed by atoms with Crippen LogP contribution in [0.2, 0.25) is 0 Å². The van der Waals surface area contributed by atoms with E-state index < -0.39 is 0 Å². The highest BCUT2D eigenvalue weighted by atomic mass is 32.1. The number of rotatable bonds is 5. The molecule has 22 heavy (non-hydrogen) atoms. The third kappa shape index (κ3) is 3.52. The second-order valence-electron chi connectivity index (χ2n) is 5.49. The Morgan fingerprint density at radius 1 is 1.45 bits per heavy atom. The molecule has 1 saturated heterocycles. The van der Waals surface area contributed by atoms with Crippen molar-refractivity contribution >= 4 is 17.2 Å². The number of likely N-dealkylation sites (tertiary alicyclic amines) is 1. The van der Waals surface area contributed by atoms with Gasteiger partial charge in [0.05, 0.1) is 12.2 Å². The first-order valence-corrected chi connectivity index (χ1v) is 8.22. The zero-order valence-corrected chi connectivity index (χ0v) is 13.0. The lowest BCUT2D eigenvalue weighted by Crippen LogP contribution is -2.37. The number of pyridine rings is 1. The molecular formula is C16H19N3O2S. The summed E-state index contributed by atoms with van der Waals surface area (Å²) in [5.41, 5.74) is 0.569. The summed E-state index contributed by atoms with van der Waals surface area (Å²) >= 11 is 1.72. The summed E-state index contributed by atoms with van der Waals surface area (Å²) < 4.78 is 0. The van der Waals surface area contributed by atoms with E-state index in [9.17, 15) is 9.90 Å². The van der Waals surface area contributed by atoms with Crippen molar-refractivity contribution in [3.63, 3.8) is 0 Å². The highest BCUT2D eigenvalue weighted by molar-refractivity contribution is 7.09. The summed E-state index contributed by atoms with van der Waals surface area (Å²) in [6, 6.07) is 7.80. The van der Waals surface area contributed by atoms with Crippen molar-refractivity contribution in [3.05, 3.63) is 52.5 Å². The van der Waals surface area contributed by atoms with Crippen LogP contribution in [0.25, 0.3) is 0 Å². The number of thiophene rings is 1. The van der Waals surface area contributed by atoms with Gasteiger partial charge in [0.15, 0.2) is 0 Å². The van der Waals surface area contributed by atoms with Crippen LogP contribution in [0.3, 0.4) is 0 Å². The van der Waals surface area contributed by atoms with E-state index in [1.54, 1.807) is 35.9 Å². The Kier molecular flexibility index (Phi) is 4.82. The molecule has 6 heteroatoms. The SMILES string of the molecule is O=C(N[C@H]1C[C@@H](CO)N(Cc2cccs2)C1)c1cccnc1. The number of amides is 1. The number of carbonyl (C=O) groups excluding carboxylic acids is 1. The fourth-order valence-electron chi connectivity index (χ4n) is 2.84. The highest BCUT2D eigenvalue weighted by Gasteiger charge is 2.32. The predicted octanol–water partition coefficient (Wildman–Crippen LogP) is 1.51. The van der Waals surface area contributed by atoms with Gasteiger partial charge in [-0.25, -0.2) is 0 Å². The molecule has 3 heterocycles. The Hall–Kier alpha value is -1.76. The van der Waals surface area contributed by atoms with Crippen molar-refractivity contribution < 1.29 is 9.90 Å². The molecule has 0 radical (unpaired) electrons. The maximum absolute atomic E-state index is 12.2. The topological polar surface area (TPSA) is 65.5 Å². The van der Waals surface area contributed by atoms with Gasteiger partial charge in [0.1, 0.15) is 0 Å². The Morgan fingerprint density at radius 2 is 2.36 bits per heavy atom. The third-order valence-corrected chi connectivity index (χ3v) is 4.80. The fourth-order valence-corrected chi connectivity index (χ4v) is 3.57. The van der Waals surface area contributed by atoms with Gasteiger partial charge < -0.3 is 10.4 Å². The van der Waals surface area contributed by atoms with Gasteiger partial charge in [0.25, 0.3) is 5.91 Å². The lowest BCUT2D eigenvalue weighted by atomic mass is 10.1. The molecule has 0 spiro atoms. The van der Waals surface area contributed by atoms with Gasteiger partial charge in [-0.15, -0.1) is 11.3 Å². The molecule has 1 amide bonds. The van der Waals surface area contributed by atoms with E-state index in [1.165, 1.54) is 4.88 Å². The molecule has 2 aromatic heterocycles. The Morgan fingerprint density at radius 3 is 3.05 bits per heavy atom. The Labute approximate surface area is 133 Å². The van der Waals surface area contributed by atoms with Crippen LogP contribution in [0.5, 0.6) is 0 Å². The molecule has 2 atom stereocenters. The summed E-state index contributed by atoms with van der Waals surface area (Å²) in [5, 5.41) is 14.7. The summed E-state index contributed by atoms with van der Waals surface area (Å²) in [7, 11) is 0. The van der Waals surface area contributed by atoms with E-state index in [0.717, 1.165) is 19.5 Å². The first-order chi connectivity index (χ1) is 10.8. The molecule has 1 aliphatic rings. The van der Waals surface area contributed by atoms with Crippen molar-refractivity contribution in [1.82, 2.24) is 15.2 Å². The number of aliphatic hydroxyl groups is 1. The van der Waals surface area contributed by atoms with Crippen LogP contribution in [0.15, 0.2) is 42.0 Å². The largest absolute Gasteiger partial charge is 0.395 e. The number of nitrogens with one attached hydrogen (secondary N) is 1. The number of hydrogen-bond acceptors (Lipinski definition) is 5. The minimum atomic E-state index is -0.104. The van der Waals surface area contributed by atoms with Crippen molar-refractivity contribution in [3.8, 4) is 0 Å². The lowest BCUT2D eigenvalue weighted by Gasteiger charge is -2.21. The summed E-state index contributed by atoms with van der Waals surface area (Å²) in [4.78, 5) is 19.7. The maximum Gasteiger partial charge on any atom is 0.253 e. The predicted molar refractivity (Wildman–Crippen MR) is 85.7 cm³/mol. The summed E-state index contributed by atoms with van der Waals surface area (Å²) in [6.07, 6.45) is 3.99. The van der Waals surface area contributed by atoms with Crippen LogP contribution in [0, 0.1) is 0 Å². The fraction of sp³-hybridized carbons (Fsp3) is 0.375. The van der Waals surface area contributed by atoms with Gasteiger partial charge in [-0.3, -0.25) is 14.7 Å². The Bertz CT molecular complexity index is 603. The van der Waals surface area contributed by atoms with Gasteiger partial charge in [-0.1, -0.05) is 6.07 Å². The third-order valence-electron chi connectivity index (χ3n) is 3.94. The zero-order chi connectivity index (χ0) is 15.4. The number of carbonyl (C=O) groups is 1. The molecule has 2 aromatic rings. The second-order valence-corrected chi connectivity index (χ2v) is 6.53. The minimum absolute atomic E-state index is 0.0600. The normalized spacial score (nSPS) is 21.9. The molecule has 5 nitrogen and oxygen atoms in total. The van der Waals surface area contributed by atoms with E-state index in [0.29, 0.717) is 5.56 Å². The van der Waals surface area contributed by atoms with E-state index in [2.05, 4.69) is 26.6 Å². The number of aliphatic hydroxyl groups excluding tert-OH is 1. The molecular weight excluding hydrogens is 298 g/mol. The summed E-state index contributed by atoms with van der Waals surface area (Å²) in [5.74, 6) is -0.104. The van der Waals surface area contributed by atoms with E-state index in [-0.39, 0.29) is 24.6 Å². The monoisotopic (exact) mass is 317 g/mol. The number of hydrogen-bond donors (Lipinski definition) is 2. The van der Waals surface area contributed by atoms with Gasteiger partial charge in [0, 0.05) is 42.4 Å². The number of aromatic nitrogens is 1. The lowest BCUT2D eigenvalue weighted by molar-refractivity contribution is 0.0937. The van der Waals surface area contributed by atoms with Crippen molar-refractivity contribution in [2.75, 3.05) is 13.2 Å². The standard InChI is InChI=1S/C16H19N3O2S/c20-11-14-7-13(9-19(14)10-15-4-2-6-22-15)18-16(21)12-3-1-5-17-8-12/h1-6,8,13-14,20H,7,9-11H2,(H,18,21)/t13-,14-/m0/s1. The van der Waals surface area contributed by atoms with Crippen LogP contribution in [-0.4, -0.2) is 46.1 Å². The molecule has 0 aliphatic carbocycles. The van der Waals surface area contributed by atoms with Crippen molar-refractivity contribution in [2.45, 2.75) is 25.0 Å². The van der Waals surface area contributed by atoms with Gasteiger partial charge in [0.2, 0.25) is 0 Å². The van der Waals surface area contributed by atoms with Crippen molar-refractivity contribution in [2.24, 2.45) is 0 Å². The van der Waals surface area contributed by atoms with Crippen LogP contribution in [-0.2, 0) is 6.54 Å². The molecule has 0 saturated carbocycles. The maximum atomic E-state index is 12.2. The van der Waals surface area contributed by atoms with E-state index >= 15 is 0 Å². The average Bonchev–Trinajstić information content (AvgIpc) is 3.18. The van der Waals surface area contributed by atoms with E-state index in [1.807, 2.05) is 6.07 Å². The molecule has 1 fully saturated rings. The average molecular weight is 317 g/mol. The van der Waals surface area contributed by atoms with Crippen LogP contribution in [0.1, 0.15) is 21.7 Å². The highest BCUT2D eigenvalue weighted by Crippen LogP contribution is 2.22. The quantitative estimate of drug-likeness (QED) is 0.877. The first kappa shape index (κ1) is 15.1. The smallest absolute Gasteiger partial charge is 0.253 e. The van der Waals surface area contributed by atoms with Crippen LogP contribution < -0.4 is 5.32 Å². The molecule has 0 unspecified atom stereocenters. The van der Waals surface area contributed by atoms with Crippen molar-refractivity contribution in [1.29, 1.82) is 0 Å². The second kappa shape index (κ2) is 7.00.